The molecule has 0 radical (unpaired) electrons. The van der Waals surface area contributed by atoms with Crippen molar-refractivity contribution < 1.29 is 14.3 Å². The smallest absolute Gasteiger partial charge is 0.252 e. The molecule has 1 amide bonds. The van der Waals surface area contributed by atoms with Crippen LogP contribution in [0.2, 0.25) is 0 Å². The van der Waals surface area contributed by atoms with Crippen LogP contribution in [0.15, 0.2) is 0 Å². The first kappa shape index (κ1) is 10.9. The molecule has 2 heterocycles. The van der Waals surface area contributed by atoms with E-state index in [0.29, 0.717) is 13.2 Å². The van der Waals surface area contributed by atoms with Gasteiger partial charge in [-0.25, -0.2) is 0 Å². The van der Waals surface area contributed by atoms with Gasteiger partial charge in [0.15, 0.2) is 0 Å². The molecule has 4 nitrogen and oxygen atoms in total. The molecule has 15 heavy (non-hydrogen) atoms. The molecular weight excluding hydrogens is 194 g/mol. The van der Waals surface area contributed by atoms with Crippen molar-refractivity contribution in [2.75, 3.05) is 19.8 Å². The highest BCUT2D eigenvalue weighted by atomic mass is 16.5. The Kier molecular flexibility index (Phi) is 3.26. The average molecular weight is 213 g/mol. The molecule has 2 aliphatic heterocycles. The highest BCUT2D eigenvalue weighted by Crippen LogP contribution is 2.20. The van der Waals surface area contributed by atoms with Crippen LogP contribution in [0.3, 0.4) is 0 Å². The molecule has 0 aromatic heterocycles. The minimum Gasteiger partial charge on any atom is -0.377 e. The maximum atomic E-state index is 12.2. The zero-order chi connectivity index (χ0) is 10.8. The van der Waals surface area contributed by atoms with Crippen LogP contribution in [-0.4, -0.2) is 48.8 Å². The van der Waals surface area contributed by atoms with E-state index >= 15 is 0 Å². The van der Waals surface area contributed by atoms with Gasteiger partial charge in [-0.05, 0) is 26.7 Å². The Hall–Kier alpha value is -0.610. The summed E-state index contributed by atoms with van der Waals surface area (Å²) in [6.07, 6.45) is 1.67. The Balaban J connectivity index is 2.02. The number of rotatable bonds is 1. The molecule has 2 saturated heterocycles. The molecule has 3 atom stereocenters. The van der Waals surface area contributed by atoms with E-state index in [2.05, 4.69) is 0 Å². The van der Waals surface area contributed by atoms with Crippen molar-refractivity contribution >= 4 is 5.91 Å². The fraction of sp³-hybridized carbons (Fsp3) is 0.909. The maximum Gasteiger partial charge on any atom is 0.252 e. The van der Waals surface area contributed by atoms with Crippen molar-refractivity contribution in [3.63, 3.8) is 0 Å². The molecule has 2 fully saturated rings. The first-order valence-corrected chi connectivity index (χ1v) is 5.71. The molecule has 2 aliphatic rings. The predicted octanol–water partition coefficient (Wildman–Crippen LogP) is 0.801. The molecule has 4 heteroatoms. The van der Waals surface area contributed by atoms with E-state index in [1.165, 1.54) is 0 Å². The van der Waals surface area contributed by atoms with Crippen LogP contribution in [0.5, 0.6) is 0 Å². The van der Waals surface area contributed by atoms with E-state index in [1.54, 1.807) is 0 Å². The van der Waals surface area contributed by atoms with Gasteiger partial charge in [-0.15, -0.1) is 0 Å². The number of ether oxygens (including phenoxy) is 2. The number of amides is 1. The molecule has 0 aliphatic carbocycles. The predicted molar refractivity (Wildman–Crippen MR) is 55.6 cm³/mol. The minimum absolute atomic E-state index is 0.149. The lowest BCUT2D eigenvalue weighted by Crippen LogP contribution is -2.55. The molecule has 0 N–H and O–H groups in total. The molecule has 2 rings (SSSR count). The molecule has 3 unspecified atom stereocenters. The van der Waals surface area contributed by atoms with Gasteiger partial charge in [0.25, 0.3) is 5.91 Å². The van der Waals surface area contributed by atoms with Crippen molar-refractivity contribution in [2.24, 2.45) is 0 Å². The van der Waals surface area contributed by atoms with Crippen LogP contribution in [0.25, 0.3) is 0 Å². The van der Waals surface area contributed by atoms with Gasteiger partial charge in [0.05, 0.1) is 25.3 Å². The second kappa shape index (κ2) is 4.49. The summed E-state index contributed by atoms with van der Waals surface area (Å²) in [6.45, 7) is 6.07. The lowest BCUT2D eigenvalue weighted by atomic mass is 10.1. The van der Waals surface area contributed by atoms with Crippen LogP contribution >= 0.6 is 0 Å². The van der Waals surface area contributed by atoms with E-state index < -0.39 is 0 Å². The number of hydrogen-bond acceptors (Lipinski definition) is 3. The Labute approximate surface area is 90.5 Å². The van der Waals surface area contributed by atoms with E-state index in [-0.39, 0.29) is 24.1 Å². The lowest BCUT2D eigenvalue weighted by molar-refractivity contribution is -0.153. The van der Waals surface area contributed by atoms with Gasteiger partial charge in [-0.1, -0.05) is 0 Å². The SMILES string of the molecule is CC1COCC(C)N1C(=O)C1CCCO1. The molecule has 0 saturated carbocycles. The lowest BCUT2D eigenvalue weighted by Gasteiger charge is -2.39. The third-order valence-corrected chi connectivity index (χ3v) is 3.13. The summed E-state index contributed by atoms with van der Waals surface area (Å²) < 4.78 is 10.8. The van der Waals surface area contributed by atoms with Crippen molar-refractivity contribution in [3.8, 4) is 0 Å². The average Bonchev–Trinajstić information content (AvgIpc) is 2.69. The number of hydrogen-bond donors (Lipinski definition) is 0. The van der Waals surface area contributed by atoms with Gasteiger partial charge in [0.2, 0.25) is 0 Å². The summed E-state index contributed by atoms with van der Waals surface area (Å²) in [5, 5.41) is 0. The van der Waals surface area contributed by atoms with Gasteiger partial charge in [0.1, 0.15) is 6.10 Å². The Morgan fingerprint density at radius 2 is 1.93 bits per heavy atom. The third kappa shape index (κ3) is 2.16. The largest absolute Gasteiger partial charge is 0.377 e. The zero-order valence-electron chi connectivity index (χ0n) is 9.44. The summed E-state index contributed by atoms with van der Waals surface area (Å²) in [6, 6.07) is 0.343. The Bertz CT molecular complexity index is 228. The van der Waals surface area contributed by atoms with Gasteiger partial charge in [-0.2, -0.15) is 0 Å². The summed E-state index contributed by atoms with van der Waals surface area (Å²) >= 11 is 0. The monoisotopic (exact) mass is 213 g/mol. The summed E-state index contributed by atoms with van der Waals surface area (Å²) in [7, 11) is 0. The van der Waals surface area contributed by atoms with Crippen molar-refractivity contribution in [2.45, 2.75) is 44.9 Å². The Morgan fingerprint density at radius 3 is 2.47 bits per heavy atom. The summed E-state index contributed by atoms with van der Waals surface area (Å²) in [5.74, 6) is 0.149. The van der Waals surface area contributed by atoms with Gasteiger partial charge in [-0.3, -0.25) is 4.79 Å². The number of morpholine rings is 1. The summed E-state index contributed by atoms with van der Waals surface area (Å²) in [5.41, 5.74) is 0. The number of carbonyl (C=O) groups excluding carboxylic acids is 1. The van der Waals surface area contributed by atoms with E-state index in [0.717, 1.165) is 19.4 Å². The first-order chi connectivity index (χ1) is 7.20. The van der Waals surface area contributed by atoms with Crippen LogP contribution in [0, 0.1) is 0 Å². The Morgan fingerprint density at radius 1 is 1.27 bits per heavy atom. The second-order valence-electron chi connectivity index (χ2n) is 4.48. The van der Waals surface area contributed by atoms with Crippen LogP contribution < -0.4 is 0 Å². The van der Waals surface area contributed by atoms with Crippen LogP contribution in [0.1, 0.15) is 26.7 Å². The molecule has 0 bridgehead atoms. The van der Waals surface area contributed by atoms with Gasteiger partial charge in [0, 0.05) is 6.61 Å². The molecular formula is C11H19NO3. The first-order valence-electron chi connectivity index (χ1n) is 5.71. The van der Waals surface area contributed by atoms with E-state index in [1.807, 2.05) is 18.7 Å². The quantitative estimate of drug-likeness (QED) is 0.646. The molecule has 86 valence electrons. The van der Waals surface area contributed by atoms with Crippen molar-refractivity contribution in [1.29, 1.82) is 0 Å². The van der Waals surface area contributed by atoms with E-state index in [4.69, 9.17) is 9.47 Å². The summed E-state index contributed by atoms with van der Waals surface area (Å²) in [4.78, 5) is 14.1. The minimum atomic E-state index is -0.201. The third-order valence-electron chi connectivity index (χ3n) is 3.13. The topological polar surface area (TPSA) is 38.8 Å². The fourth-order valence-electron chi connectivity index (χ4n) is 2.38. The second-order valence-corrected chi connectivity index (χ2v) is 4.48. The molecule has 0 aromatic rings. The van der Waals surface area contributed by atoms with E-state index in [9.17, 15) is 4.79 Å². The molecule has 0 aromatic carbocycles. The van der Waals surface area contributed by atoms with Crippen LogP contribution in [0.4, 0.5) is 0 Å². The zero-order valence-corrected chi connectivity index (χ0v) is 9.44. The van der Waals surface area contributed by atoms with Gasteiger partial charge < -0.3 is 14.4 Å². The van der Waals surface area contributed by atoms with Crippen molar-refractivity contribution in [3.05, 3.63) is 0 Å². The standard InChI is InChI=1S/C11H19NO3/c1-8-6-14-7-9(2)12(8)11(13)10-4-3-5-15-10/h8-10H,3-7H2,1-2H3. The van der Waals surface area contributed by atoms with Crippen molar-refractivity contribution in [1.82, 2.24) is 4.90 Å². The van der Waals surface area contributed by atoms with Gasteiger partial charge >= 0.3 is 0 Å². The number of nitrogens with zero attached hydrogens (tertiary/aromatic N) is 1. The normalized spacial score (nSPS) is 36.9. The highest BCUT2D eigenvalue weighted by molar-refractivity contribution is 5.81. The fourth-order valence-corrected chi connectivity index (χ4v) is 2.38. The molecule has 0 spiro atoms. The van der Waals surface area contributed by atoms with Crippen LogP contribution in [-0.2, 0) is 14.3 Å². The number of carbonyl (C=O) groups is 1. The maximum absolute atomic E-state index is 12.2. The highest BCUT2D eigenvalue weighted by Gasteiger charge is 2.35.